The maximum atomic E-state index is 11.6. The van der Waals surface area contributed by atoms with Crippen LogP contribution in [0.25, 0.3) is 0 Å². The lowest BCUT2D eigenvalue weighted by molar-refractivity contribution is -0.146. The van der Waals surface area contributed by atoms with Gasteiger partial charge in [-0.25, -0.2) is 0 Å². The minimum atomic E-state index is -0.131. The van der Waals surface area contributed by atoms with Gasteiger partial charge in [0.25, 0.3) is 0 Å². The molecule has 0 aromatic heterocycles. The molecule has 0 aromatic rings. The first-order chi connectivity index (χ1) is 6.44. The average Bonchev–Trinajstić information content (AvgIpc) is 2.09. The van der Waals surface area contributed by atoms with Crippen molar-refractivity contribution in [3.63, 3.8) is 0 Å². The molecule has 0 bridgehead atoms. The van der Waals surface area contributed by atoms with Gasteiger partial charge in [0.1, 0.15) is 6.61 Å². The molecule has 1 amide bonds. The molecule has 1 saturated heterocycles. The Kier molecular flexibility index (Phi) is 3.50. The molecule has 0 aliphatic carbocycles. The Morgan fingerprint density at radius 1 is 1.57 bits per heavy atom. The zero-order valence-electron chi connectivity index (χ0n) is 9.46. The van der Waals surface area contributed by atoms with Crippen molar-refractivity contribution >= 4 is 5.91 Å². The number of amides is 1. The van der Waals surface area contributed by atoms with Crippen LogP contribution in [-0.2, 0) is 9.53 Å². The second-order valence-corrected chi connectivity index (χ2v) is 4.44. The summed E-state index contributed by atoms with van der Waals surface area (Å²) in [4.78, 5) is 13.3. The van der Waals surface area contributed by atoms with Gasteiger partial charge in [0.05, 0.1) is 5.60 Å². The van der Waals surface area contributed by atoms with Gasteiger partial charge in [0.2, 0.25) is 5.91 Å². The van der Waals surface area contributed by atoms with E-state index < -0.39 is 0 Å². The van der Waals surface area contributed by atoms with E-state index in [1.54, 1.807) is 11.9 Å². The molecule has 0 spiro atoms. The highest BCUT2D eigenvalue weighted by atomic mass is 16.5. The fraction of sp³-hybridized carbons (Fsp3) is 0.900. The van der Waals surface area contributed by atoms with E-state index in [1.807, 2.05) is 20.8 Å². The summed E-state index contributed by atoms with van der Waals surface area (Å²) < 4.78 is 5.54. The van der Waals surface area contributed by atoms with Crippen molar-refractivity contribution in [2.75, 3.05) is 26.7 Å². The Morgan fingerprint density at radius 3 is 2.50 bits per heavy atom. The van der Waals surface area contributed by atoms with Gasteiger partial charge in [-0.15, -0.1) is 0 Å². The number of rotatable bonds is 4. The highest BCUT2D eigenvalue weighted by molar-refractivity contribution is 5.77. The molecular formula is C10H20N2O2. The predicted molar refractivity (Wildman–Crippen MR) is 55.1 cm³/mol. The van der Waals surface area contributed by atoms with Crippen molar-refractivity contribution in [2.24, 2.45) is 0 Å². The van der Waals surface area contributed by atoms with Crippen molar-refractivity contribution in [3.05, 3.63) is 0 Å². The number of carbonyl (C=O) groups is 1. The van der Waals surface area contributed by atoms with Gasteiger partial charge in [-0.05, 0) is 20.8 Å². The SMILES string of the molecule is CC(C)N(C)C(=O)COC1(C)CNC1. The third kappa shape index (κ3) is 2.69. The first kappa shape index (κ1) is 11.5. The topological polar surface area (TPSA) is 41.6 Å². The molecule has 14 heavy (non-hydrogen) atoms. The smallest absolute Gasteiger partial charge is 0.248 e. The number of carbonyl (C=O) groups excluding carboxylic acids is 1. The Morgan fingerprint density at radius 2 is 2.14 bits per heavy atom. The molecule has 0 atom stereocenters. The summed E-state index contributed by atoms with van der Waals surface area (Å²) in [6.07, 6.45) is 0. The Labute approximate surface area is 85.6 Å². The quantitative estimate of drug-likeness (QED) is 0.706. The van der Waals surface area contributed by atoms with Crippen LogP contribution in [0.5, 0.6) is 0 Å². The van der Waals surface area contributed by atoms with E-state index in [9.17, 15) is 4.79 Å². The van der Waals surface area contributed by atoms with Crippen molar-refractivity contribution in [3.8, 4) is 0 Å². The second-order valence-electron chi connectivity index (χ2n) is 4.44. The molecule has 1 heterocycles. The van der Waals surface area contributed by atoms with Gasteiger partial charge in [-0.1, -0.05) is 0 Å². The van der Waals surface area contributed by atoms with Crippen LogP contribution in [-0.4, -0.2) is 49.2 Å². The number of likely N-dealkylation sites (N-methyl/N-ethyl adjacent to an activating group) is 1. The summed E-state index contributed by atoms with van der Waals surface area (Å²) in [7, 11) is 1.80. The largest absolute Gasteiger partial charge is 0.363 e. The molecular weight excluding hydrogens is 180 g/mol. The van der Waals surface area contributed by atoms with E-state index in [0.29, 0.717) is 0 Å². The van der Waals surface area contributed by atoms with E-state index in [0.717, 1.165) is 13.1 Å². The van der Waals surface area contributed by atoms with Gasteiger partial charge < -0.3 is 15.0 Å². The van der Waals surface area contributed by atoms with Crippen LogP contribution in [0.4, 0.5) is 0 Å². The zero-order chi connectivity index (χ0) is 10.8. The Balaban J connectivity index is 2.27. The molecule has 1 N–H and O–H groups in total. The van der Waals surface area contributed by atoms with Gasteiger partial charge >= 0.3 is 0 Å². The fourth-order valence-electron chi connectivity index (χ4n) is 1.20. The molecule has 0 saturated carbocycles. The maximum Gasteiger partial charge on any atom is 0.248 e. The molecule has 4 heteroatoms. The number of nitrogens with one attached hydrogen (secondary N) is 1. The molecule has 1 rings (SSSR count). The van der Waals surface area contributed by atoms with E-state index in [-0.39, 0.29) is 24.2 Å². The molecule has 82 valence electrons. The molecule has 0 aromatic carbocycles. The highest BCUT2D eigenvalue weighted by Gasteiger charge is 2.33. The molecule has 1 aliphatic rings. The summed E-state index contributed by atoms with van der Waals surface area (Å²) in [5.41, 5.74) is -0.131. The summed E-state index contributed by atoms with van der Waals surface area (Å²) in [6.45, 7) is 7.87. The molecule has 1 aliphatic heterocycles. The van der Waals surface area contributed by atoms with Crippen LogP contribution in [0.2, 0.25) is 0 Å². The number of nitrogens with zero attached hydrogens (tertiary/aromatic N) is 1. The van der Waals surface area contributed by atoms with Crippen LogP contribution in [0.3, 0.4) is 0 Å². The lowest BCUT2D eigenvalue weighted by Crippen LogP contribution is -2.59. The van der Waals surface area contributed by atoms with Crippen molar-refractivity contribution in [1.82, 2.24) is 10.2 Å². The second kappa shape index (κ2) is 4.28. The van der Waals surface area contributed by atoms with E-state index in [4.69, 9.17) is 4.74 Å². The number of hydrogen-bond donors (Lipinski definition) is 1. The third-order valence-electron chi connectivity index (χ3n) is 2.71. The molecule has 0 unspecified atom stereocenters. The zero-order valence-corrected chi connectivity index (χ0v) is 9.46. The van der Waals surface area contributed by atoms with E-state index in [2.05, 4.69) is 5.32 Å². The molecule has 0 radical (unpaired) electrons. The van der Waals surface area contributed by atoms with Gasteiger partial charge in [0, 0.05) is 26.2 Å². The van der Waals surface area contributed by atoms with Crippen LogP contribution in [0.1, 0.15) is 20.8 Å². The van der Waals surface area contributed by atoms with Gasteiger partial charge in [-0.3, -0.25) is 4.79 Å². The van der Waals surface area contributed by atoms with Crippen LogP contribution in [0, 0.1) is 0 Å². The van der Waals surface area contributed by atoms with Crippen molar-refractivity contribution < 1.29 is 9.53 Å². The van der Waals surface area contributed by atoms with E-state index >= 15 is 0 Å². The van der Waals surface area contributed by atoms with Crippen LogP contribution >= 0.6 is 0 Å². The Hall–Kier alpha value is -0.610. The summed E-state index contributed by atoms with van der Waals surface area (Å²) in [5, 5.41) is 3.13. The van der Waals surface area contributed by atoms with Gasteiger partial charge in [-0.2, -0.15) is 0 Å². The van der Waals surface area contributed by atoms with Crippen LogP contribution < -0.4 is 5.32 Å². The minimum Gasteiger partial charge on any atom is -0.363 e. The molecule has 4 nitrogen and oxygen atoms in total. The normalized spacial score (nSPS) is 19.2. The number of hydrogen-bond acceptors (Lipinski definition) is 3. The maximum absolute atomic E-state index is 11.6. The van der Waals surface area contributed by atoms with E-state index in [1.165, 1.54) is 0 Å². The van der Waals surface area contributed by atoms with Crippen molar-refractivity contribution in [1.29, 1.82) is 0 Å². The summed E-state index contributed by atoms with van der Waals surface area (Å²) in [5.74, 6) is 0.0492. The van der Waals surface area contributed by atoms with Crippen molar-refractivity contribution in [2.45, 2.75) is 32.4 Å². The number of ether oxygens (including phenoxy) is 1. The summed E-state index contributed by atoms with van der Waals surface area (Å²) >= 11 is 0. The standard InChI is InChI=1S/C10H20N2O2/c1-8(2)12(4)9(13)5-14-10(3)6-11-7-10/h8,11H,5-7H2,1-4H3. The first-order valence-corrected chi connectivity index (χ1v) is 5.05. The van der Waals surface area contributed by atoms with Crippen LogP contribution in [0.15, 0.2) is 0 Å². The average molecular weight is 200 g/mol. The molecule has 1 fully saturated rings. The monoisotopic (exact) mass is 200 g/mol. The lowest BCUT2D eigenvalue weighted by Gasteiger charge is -2.39. The van der Waals surface area contributed by atoms with Gasteiger partial charge in [0.15, 0.2) is 0 Å². The minimum absolute atomic E-state index is 0.0492. The summed E-state index contributed by atoms with van der Waals surface area (Å²) in [6, 6.07) is 0.235. The fourth-order valence-corrected chi connectivity index (χ4v) is 1.20. The first-order valence-electron chi connectivity index (χ1n) is 5.05. The highest BCUT2D eigenvalue weighted by Crippen LogP contribution is 2.15. The predicted octanol–water partition coefficient (Wildman–Crippen LogP) is 0.232. The lowest BCUT2D eigenvalue weighted by atomic mass is 10.0. The Bertz CT molecular complexity index is 212. The third-order valence-corrected chi connectivity index (χ3v) is 2.71.